The molecule has 4 aromatic rings. The molecular weight excluding hydrogens is 409 g/mol. The lowest BCUT2D eigenvalue weighted by molar-refractivity contribution is -0.137. The summed E-state index contributed by atoms with van der Waals surface area (Å²) in [5, 5.41) is 15.3. The van der Waals surface area contributed by atoms with Gasteiger partial charge in [0.2, 0.25) is 0 Å². The first-order valence-corrected chi connectivity index (χ1v) is 9.27. The molecule has 0 bridgehead atoms. The zero-order valence-electron chi connectivity index (χ0n) is 16.0. The van der Waals surface area contributed by atoms with Crippen molar-refractivity contribution in [2.24, 2.45) is 0 Å². The molecule has 4 N–H and O–H groups in total. The van der Waals surface area contributed by atoms with Crippen molar-refractivity contribution in [1.82, 2.24) is 9.97 Å². The van der Waals surface area contributed by atoms with E-state index in [1.54, 1.807) is 18.3 Å². The van der Waals surface area contributed by atoms with Gasteiger partial charge in [0.05, 0.1) is 23.6 Å². The number of benzene rings is 2. The lowest BCUT2D eigenvalue weighted by atomic mass is 10.0. The van der Waals surface area contributed by atoms with Crippen LogP contribution in [0.15, 0.2) is 66.9 Å². The normalized spacial score (nSPS) is 11.5. The number of hydrogen-bond donors (Lipinski definition) is 4. The number of rotatable bonds is 4. The Hall–Kier alpha value is -3.85. The van der Waals surface area contributed by atoms with Gasteiger partial charge in [-0.15, -0.1) is 0 Å². The maximum atomic E-state index is 12.6. The third-order valence-corrected chi connectivity index (χ3v) is 4.72. The summed E-state index contributed by atoms with van der Waals surface area (Å²) in [7, 11) is 0. The number of aromatic amines is 1. The van der Waals surface area contributed by atoms with E-state index in [-0.39, 0.29) is 12.3 Å². The largest absolute Gasteiger partial charge is 0.416 e. The van der Waals surface area contributed by atoms with E-state index in [9.17, 15) is 23.1 Å². The molecule has 0 atom stereocenters. The number of carbonyl (C=O) groups excluding carboxylic acids is 1. The molecule has 6 nitrogen and oxygen atoms in total. The minimum Gasteiger partial charge on any atom is -0.392 e. The number of aromatic nitrogens is 2. The number of fused-ring (bicyclic) bond motifs is 1. The van der Waals surface area contributed by atoms with Gasteiger partial charge < -0.3 is 20.7 Å². The average Bonchev–Trinajstić information content (AvgIpc) is 3.15. The Balaban J connectivity index is 1.51. The van der Waals surface area contributed by atoms with Crippen molar-refractivity contribution in [2.75, 3.05) is 10.6 Å². The molecule has 0 radical (unpaired) electrons. The molecule has 0 spiro atoms. The number of H-pyrrole nitrogens is 1. The molecule has 0 saturated carbocycles. The predicted octanol–water partition coefficient (Wildman–Crippen LogP) is 5.39. The van der Waals surface area contributed by atoms with Gasteiger partial charge in [-0.05, 0) is 42.0 Å². The van der Waals surface area contributed by atoms with Crippen molar-refractivity contribution in [3.05, 3.63) is 78.0 Å². The van der Waals surface area contributed by atoms with E-state index < -0.39 is 17.8 Å². The maximum Gasteiger partial charge on any atom is 0.416 e. The van der Waals surface area contributed by atoms with Crippen molar-refractivity contribution >= 4 is 28.4 Å². The highest BCUT2D eigenvalue weighted by atomic mass is 19.4. The number of nitrogens with zero attached hydrogens (tertiary/aromatic N) is 1. The highest BCUT2D eigenvalue weighted by Gasteiger charge is 2.30. The first kappa shape index (κ1) is 20.4. The Morgan fingerprint density at radius 2 is 1.74 bits per heavy atom. The Labute approximate surface area is 174 Å². The summed E-state index contributed by atoms with van der Waals surface area (Å²) < 4.78 is 37.9. The number of pyridine rings is 1. The fourth-order valence-corrected chi connectivity index (χ4v) is 3.19. The molecule has 2 aromatic heterocycles. The zero-order chi connectivity index (χ0) is 22.0. The van der Waals surface area contributed by atoms with Gasteiger partial charge in [-0.3, -0.25) is 0 Å². The molecule has 0 fully saturated rings. The van der Waals surface area contributed by atoms with Crippen molar-refractivity contribution < 1.29 is 23.1 Å². The van der Waals surface area contributed by atoms with Gasteiger partial charge in [-0.25, -0.2) is 9.78 Å². The monoisotopic (exact) mass is 426 g/mol. The van der Waals surface area contributed by atoms with Crippen molar-refractivity contribution in [3.63, 3.8) is 0 Å². The number of aliphatic hydroxyl groups is 1. The van der Waals surface area contributed by atoms with E-state index in [1.807, 2.05) is 24.3 Å². The van der Waals surface area contributed by atoms with E-state index in [0.29, 0.717) is 22.4 Å². The van der Waals surface area contributed by atoms with Crippen LogP contribution < -0.4 is 10.6 Å². The van der Waals surface area contributed by atoms with Gasteiger partial charge in [0.1, 0.15) is 5.65 Å². The van der Waals surface area contributed by atoms with Crippen LogP contribution in [0.5, 0.6) is 0 Å². The number of amides is 2. The summed E-state index contributed by atoms with van der Waals surface area (Å²) in [6.45, 7) is -0.114. The number of anilines is 2. The van der Waals surface area contributed by atoms with Crippen LogP contribution in [0, 0.1) is 0 Å². The molecule has 2 heterocycles. The molecule has 2 aromatic carbocycles. The second-order valence-corrected chi connectivity index (χ2v) is 6.76. The topological polar surface area (TPSA) is 90.0 Å². The molecule has 158 valence electrons. The lowest BCUT2D eigenvalue weighted by Crippen LogP contribution is -2.19. The lowest BCUT2D eigenvalue weighted by Gasteiger charge is -2.10. The molecule has 0 aliphatic rings. The highest BCUT2D eigenvalue weighted by Crippen LogP contribution is 2.30. The molecule has 0 saturated heterocycles. The Kier molecular flexibility index (Phi) is 5.35. The van der Waals surface area contributed by atoms with Crippen molar-refractivity contribution in [2.45, 2.75) is 12.8 Å². The molecular formula is C22H17F3N4O2. The standard InChI is InChI=1S/C22H17F3N4O2/c23-22(24,25)14-5-7-15(8-6-14)27-21(31)29-19-11-26-20-17(19)9-10-18(28-20)16-4-2-1-3-13(16)12-30/h1-11,30H,12H2,(H,26,28)(H2,27,29,31). The quantitative estimate of drug-likeness (QED) is 0.353. The van der Waals surface area contributed by atoms with E-state index in [1.165, 1.54) is 12.1 Å². The average molecular weight is 426 g/mol. The summed E-state index contributed by atoms with van der Waals surface area (Å²) in [6.07, 6.45) is -2.86. The molecule has 0 aliphatic carbocycles. The molecule has 9 heteroatoms. The van der Waals surface area contributed by atoms with Crippen molar-refractivity contribution in [3.8, 4) is 11.3 Å². The van der Waals surface area contributed by atoms with Crippen LogP contribution in [0.2, 0.25) is 0 Å². The fourth-order valence-electron chi connectivity index (χ4n) is 3.19. The number of urea groups is 1. The Bertz CT molecular complexity index is 1230. The number of hydrogen-bond acceptors (Lipinski definition) is 3. The first-order valence-electron chi connectivity index (χ1n) is 9.27. The van der Waals surface area contributed by atoms with E-state index >= 15 is 0 Å². The number of halogens is 3. The van der Waals surface area contributed by atoms with Gasteiger partial charge in [0, 0.05) is 22.8 Å². The smallest absolute Gasteiger partial charge is 0.392 e. The van der Waals surface area contributed by atoms with Gasteiger partial charge in [-0.1, -0.05) is 24.3 Å². The highest BCUT2D eigenvalue weighted by molar-refractivity contribution is 6.05. The minimum atomic E-state index is -4.44. The third-order valence-electron chi connectivity index (χ3n) is 4.72. The minimum absolute atomic E-state index is 0.114. The molecule has 0 unspecified atom stereocenters. The van der Waals surface area contributed by atoms with E-state index in [4.69, 9.17) is 0 Å². The zero-order valence-corrected chi connectivity index (χ0v) is 16.0. The van der Waals surface area contributed by atoms with Crippen LogP contribution in [0.1, 0.15) is 11.1 Å². The number of aliphatic hydroxyl groups excluding tert-OH is 1. The summed E-state index contributed by atoms with van der Waals surface area (Å²) in [5.41, 5.74) is 2.65. The number of alkyl halides is 3. The number of nitrogens with one attached hydrogen (secondary N) is 3. The van der Waals surface area contributed by atoms with Gasteiger partial charge in [0.25, 0.3) is 0 Å². The van der Waals surface area contributed by atoms with Crippen LogP contribution >= 0.6 is 0 Å². The van der Waals surface area contributed by atoms with Gasteiger partial charge >= 0.3 is 12.2 Å². The molecule has 2 amide bonds. The second kappa shape index (κ2) is 8.11. The van der Waals surface area contributed by atoms with Crippen LogP contribution in [0.4, 0.5) is 29.3 Å². The summed E-state index contributed by atoms with van der Waals surface area (Å²) >= 11 is 0. The van der Waals surface area contributed by atoms with E-state index in [2.05, 4.69) is 20.6 Å². The summed E-state index contributed by atoms with van der Waals surface area (Å²) in [4.78, 5) is 19.8. The van der Waals surface area contributed by atoms with Crippen LogP contribution in [0.25, 0.3) is 22.3 Å². The van der Waals surface area contributed by atoms with Gasteiger partial charge in [0.15, 0.2) is 0 Å². The molecule has 31 heavy (non-hydrogen) atoms. The summed E-state index contributed by atoms with van der Waals surface area (Å²) in [5.74, 6) is 0. The summed E-state index contributed by atoms with van der Waals surface area (Å²) in [6, 6.07) is 14.5. The SMILES string of the molecule is O=C(Nc1ccc(C(F)(F)F)cc1)Nc1c[nH]c2nc(-c3ccccc3CO)ccc12. The van der Waals surface area contributed by atoms with Gasteiger partial charge in [-0.2, -0.15) is 13.2 Å². The van der Waals surface area contributed by atoms with Crippen molar-refractivity contribution in [1.29, 1.82) is 0 Å². The first-order chi connectivity index (χ1) is 14.8. The molecule has 4 rings (SSSR count). The fraction of sp³-hybridized carbons (Fsp3) is 0.0909. The second-order valence-electron chi connectivity index (χ2n) is 6.76. The Morgan fingerprint density at radius 1 is 1.00 bits per heavy atom. The maximum absolute atomic E-state index is 12.6. The number of carbonyl (C=O) groups is 1. The van der Waals surface area contributed by atoms with E-state index in [0.717, 1.165) is 23.3 Å². The Morgan fingerprint density at radius 3 is 2.45 bits per heavy atom. The third kappa shape index (κ3) is 4.36. The van der Waals surface area contributed by atoms with Crippen LogP contribution in [-0.4, -0.2) is 21.1 Å². The van der Waals surface area contributed by atoms with Crippen LogP contribution in [-0.2, 0) is 12.8 Å². The molecule has 0 aliphatic heterocycles. The predicted molar refractivity (Wildman–Crippen MR) is 112 cm³/mol. The van der Waals surface area contributed by atoms with Crippen LogP contribution in [0.3, 0.4) is 0 Å².